The lowest BCUT2D eigenvalue weighted by Crippen LogP contribution is -2.52. The Morgan fingerprint density at radius 1 is 1.28 bits per heavy atom. The molecule has 0 aliphatic rings. The van der Waals surface area contributed by atoms with Crippen molar-refractivity contribution in [2.75, 3.05) is 13.6 Å². The Labute approximate surface area is 112 Å². The Morgan fingerprint density at radius 2 is 1.78 bits per heavy atom. The minimum Gasteiger partial charge on any atom is -0.351 e. The van der Waals surface area contributed by atoms with Crippen molar-refractivity contribution < 1.29 is 4.79 Å². The molecule has 108 valence electrons. The molecule has 0 saturated heterocycles. The fourth-order valence-electron chi connectivity index (χ4n) is 1.81. The van der Waals surface area contributed by atoms with Crippen LogP contribution in [-0.2, 0) is 4.79 Å². The van der Waals surface area contributed by atoms with Gasteiger partial charge >= 0.3 is 0 Å². The van der Waals surface area contributed by atoms with Crippen LogP contribution in [0.1, 0.15) is 54.4 Å². The first-order valence-electron chi connectivity index (χ1n) is 6.77. The second-order valence-corrected chi connectivity index (χ2v) is 6.67. The van der Waals surface area contributed by atoms with Crippen molar-refractivity contribution >= 4 is 5.91 Å². The van der Waals surface area contributed by atoms with E-state index in [9.17, 15) is 4.79 Å². The van der Waals surface area contributed by atoms with E-state index in [0.29, 0.717) is 13.0 Å². The highest BCUT2D eigenvalue weighted by Gasteiger charge is 2.29. The zero-order valence-corrected chi connectivity index (χ0v) is 13.1. The van der Waals surface area contributed by atoms with Gasteiger partial charge in [0.2, 0.25) is 5.91 Å². The molecule has 3 N–H and O–H groups in total. The maximum Gasteiger partial charge on any atom is 0.222 e. The van der Waals surface area contributed by atoms with Crippen molar-refractivity contribution in [3.05, 3.63) is 0 Å². The molecule has 0 aromatic heterocycles. The van der Waals surface area contributed by atoms with Gasteiger partial charge in [-0.3, -0.25) is 9.69 Å². The number of rotatable bonds is 6. The summed E-state index contributed by atoms with van der Waals surface area (Å²) in [6, 6.07) is 0.0855. The van der Waals surface area contributed by atoms with Crippen molar-refractivity contribution in [1.29, 1.82) is 0 Å². The smallest absolute Gasteiger partial charge is 0.222 e. The summed E-state index contributed by atoms with van der Waals surface area (Å²) >= 11 is 0. The summed E-state index contributed by atoms with van der Waals surface area (Å²) in [6.07, 6.45) is 1.48. The van der Waals surface area contributed by atoms with E-state index in [0.717, 1.165) is 6.42 Å². The SMILES string of the molecule is CCC(C)(C)N(C)C(CN)CC(=O)NC(C)(C)C. The minimum absolute atomic E-state index is 0.0616. The van der Waals surface area contributed by atoms with Crippen LogP contribution in [0.25, 0.3) is 0 Å². The van der Waals surface area contributed by atoms with Gasteiger partial charge in [0, 0.05) is 30.1 Å². The molecule has 0 aromatic carbocycles. The van der Waals surface area contributed by atoms with Crippen LogP contribution in [0.3, 0.4) is 0 Å². The van der Waals surface area contributed by atoms with Crippen molar-refractivity contribution in [1.82, 2.24) is 10.2 Å². The van der Waals surface area contributed by atoms with Crippen molar-refractivity contribution in [2.45, 2.75) is 71.5 Å². The molecular formula is C14H31N3O. The molecule has 1 amide bonds. The standard InChI is InChI=1S/C14H31N3O/c1-8-14(5,6)17(7)11(10-15)9-12(18)16-13(2,3)4/h11H,8-10,15H2,1-7H3,(H,16,18). The molecule has 0 aromatic rings. The van der Waals surface area contributed by atoms with E-state index in [1.165, 1.54) is 0 Å². The number of nitrogens with one attached hydrogen (secondary N) is 1. The minimum atomic E-state index is -0.185. The zero-order chi connectivity index (χ0) is 14.6. The van der Waals surface area contributed by atoms with Crippen LogP contribution in [0.4, 0.5) is 0 Å². The molecule has 0 saturated carbocycles. The van der Waals surface area contributed by atoms with Gasteiger partial charge in [-0.2, -0.15) is 0 Å². The van der Waals surface area contributed by atoms with Crippen LogP contribution in [0.15, 0.2) is 0 Å². The van der Waals surface area contributed by atoms with E-state index in [2.05, 4.69) is 31.0 Å². The highest BCUT2D eigenvalue weighted by molar-refractivity contribution is 5.77. The summed E-state index contributed by atoms with van der Waals surface area (Å²) in [7, 11) is 2.05. The van der Waals surface area contributed by atoms with Gasteiger partial charge in [-0.15, -0.1) is 0 Å². The molecule has 0 fully saturated rings. The number of hydrogen-bond donors (Lipinski definition) is 2. The Balaban J connectivity index is 4.57. The fraction of sp³-hybridized carbons (Fsp3) is 0.929. The summed E-state index contributed by atoms with van der Waals surface area (Å²) in [5, 5.41) is 2.99. The number of amides is 1. The van der Waals surface area contributed by atoms with Crippen LogP contribution in [0.5, 0.6) is 0 Å². The van der Waals surface area contributed by atoms with Crippen LogP contribution in [-0.4, -0.2) is 41.5 Å². The molecular weight excluding hydrogens is 226 g/mol. The maximum absolute atomic E-state index is 12.0. The van der Waals surface area contributed by atoms with Crippen LogP contribution in [0.2, 0.25) is 0 Å². The van der Waals surface area contributed by atoms with Gasteiger partial charge in [0.05, 0.1) is 0 Å². The first kappa shape index (κ1) is 17.4. The summed E-state index contributed by atoms with van der Waals surface area (Å²) < 4.78 is 0. The molecule has 1 unspecified atom stereocenters. The molecule has 4 nitrogen and oxygen atoms in total. The Morgan fingerprint density at radius 3 is 2.11 bits per heavy atom. The van der Waals surface area contributed by atoms with Gasteiger partial charge in [-0.1, -0.05) is 6.92 Å². The second kappa shape index (κ2) is 6.53. The number of hydrogen-bond acceptors (Lipinski definition) is 3. The van der Waals surface area contributed by atoms with Crippen molar-refractivity contribution in [3.8, 4) is 0 Å². The predicted molar refractivity (Wildman–Crippen MR) is 77.5 cm³/mol. The third kappa shape index (κ3) is 5.83. The van der Waals surface area contributed by atoms with E-state index in [1.54, 1.807) is 0 Å². The second-order valence-electron chi connectivity index (χ2n) is 6.67. The van der Waals surface area contributed by atoms with Crippen LogP contribution < -0.4 is 11.1 Å². The summed E-state index contributed by atoms with van der Waals surface area (Å²) in [6.45, 7) is 13.0. The topological polar surface area (TPSA) is 58.4 Å². The largest absolute Gasteiger partial charge is 0.351 e. The quantitative estimate of drug-likeness (QED) is 0.762. The maximum atomic E-state index is 12.0. The van der Waals surface area contributed by atoms with E-state index in [4.69, 9.17) is 5.73 Å². The first-order chi connectivity index (χ1) is 8.03. The number of nitrogens with two attached hydrogens (primary N) is 1. The predicted octanol–water partition coefficient (Wildman–Crippen LogP) is 1.74. The van der Waals surface area contributed by atoms with Gasteiger partial charge < -0.3 is 11.1 Å². The highest BCUT2D eigenvalue weighted by Crippen LogP contribution is 2.20. The van der Waals surface area contributed by atoms with E-state index in [-0.39, 0.29) is 23.0 Å². The van der Waals surface area contributed by atoms with Gasteiger partial charge in [0.15, 0.2) is 0 Å². The third-order valence-electron chi connectivity index (χ3n) is 3.58. The Kier molecular flexibility index (Phi) is 6.30. The van der Waals surface area contributed by atoms with Crippen LogP contribution in [0, 0.1) is 0 Å². The summed E-state index contributed by atoms with van der Waals surface area (Å²) in [5.74, 6) is 0.0664. The molecule has 0 aliphatic heterocycles. The molecule has 0 spiro atoms. The van der Waals surface area contributed by atoms with Crippen molar-refractivity contribution in [3.63, 3.8) is 0 Å². The lowest BCUT2D eigenvalue weighted by Gasteiger charge is -2.40. The number of carbonyl (C=O) groups is 1. The molecule has 0 bridgehead atoms. The third-order valence-corrected chi connectivity index (χ3v) is 3.58. The first-order valence-corrected chi connectivity index (χ1v) is 6.77. The van der Waals surface area contributed by atoms with E-state index < -0.39 is 0 Å². The molecule has 18 heavy (non-hydrogen) atoms. The molecule has 1 atom stereocenters. The number of likely N-dealkylation sites (N-methyl/N-ethyl adjacent to an activating group) is 1. The molecule has 4 heteroatoms. The average Bonchev–Trinajstić information content (AvgIpc) is 2.22. The number of nitrogens with zero attached hydrogens (tertiary/aromatic N) is 1. The van der Waals surface area contributed by atoms with E-state index >= 15 is 0 Å². The zero-order valence-electron chi connectivity index (χ0n) is 13.1. The summed E-state index contributed by atoms with van der Waals surface area (Å²) in [4.78, 5) is 14.2. The Bertz CT molecular complexity index is 269. The molecule has 0 radical (unpaired) electrons. The van der Waals surface area contributed by atoms with Gasteiger partial charge in [0.25, 0.3) is 0 Å². The van der Waals surface area contributed by atoms with Crippen molar-refractivity contribution in [2.24, 2.45) is 5.73 Å². The fourth-order valence-corrected chi connectivity index (χ4v) is 1.81. The van der Waals surface area contributed by atoms with E-state index in [1.807, 2.05) is 27.8 Å². The van der Waals surface area contributed by atoms with Gasteiger partial charge in [0.1, 0.15) is 0 Å². The monoisotopic (exact) mass is 257 g/mol. The average molecular weight is 257 g/mol. The Hall–Kier alpha value is -0.610. The summed E-state index contributed by atoms with van der Waals surface area (Å²) in [5.41, 5.74) is 5.69. The highest BCUT2D eigenvalue weighted by atomic mass is 16.1. The molecule has 0 heterocycles. The van der Waals surface area contributed by atoms with Crippen LogP contribution >= 0.6 is 0 Å². The lowest BCUT2D eigenvalue weighted by molar-refractivity contribution is -0.124. The van der Waals surface area contributed by atoms with Gasteiger partial charge in [-0.25, -0.2) is 0 Å². The molecule has 0 rings (SSSR count). The number of carbonyl (C=O) groups excluding carboxylic acids is 1. The lowest BCUT2D eigenvalue weighted by atomic mass is 9.96. The van der Waals surface area contributed by atoms with Gasteiger partial charge in [-0.05, 0) is 48.1 Å². The molecule has 0 aliphatic carbocycles. The normalized spacial score (nSPS) is 14.7.